The van der Waals surface area contributed by atoms with Gasteiger partial charge >= 0.3 is 23.9 Å². The van der Waals surface area contributed by atoms with Crippen molar-refractivity contribution >= 4 is 47.6 Å². The van der Waals surface area contributed by atoms with Gasteiger partial charge in [0.25, 0.3) is 0 Å². The van der Waals surface area contributed by atoms with E-state index in [0.29, 0.717) is 65.2 Å². The van der Waals surface area contributed by atoms with Crippen molar-refractivity contribution in [2.24, 2.45) is 0 Å². The molecule has 2 aliphatic heterocycles. The van der Waals surface area contributed by atoms with E-state index in [1.54, 1.807) is 34.3 Å². The minimum absolute atomic E-state index is 0. The van der Waals surface area contributed by atoms with Crippen molar-refractivity contribution < 1.29 is 74.1 Å². The number of carboxylic acids is 7. The highest BCUT2D eigenvalue weighted by Gasteiger charge is 2.26. The van der Waals surface area contributed by atoms with Gasteiger partial charge in [0.2, 0.25) is 0 Å². The fraction of sp³-hybridized carbons (Fsp3) is 0.818. The van der Waals surface area contributed by atoms with Crippen LogP contribution in [0.2, 0.25) is 0 Å². The highest BCUT2D eigenvalue weighted by Crippen LogP contribution is 2.14. The molecule has 0 aromatic carbocycles. The summed E-state index contributed by atoms with van der Waals surface area (Å²) in [6, 6.07) is -0.257. The summed E-state index contributed by atoms with van der Waals surface area (Å²) in [5, 5.41) is 70.7. The van der Waals surface area contributed by atoms with E-state index in [1.165, 1.54) is 0 Å². The molecule has 0 amide bonds. The Hall–Kier alpha value is -4.36. The molecule has 2 saturated heterocycles. The highest BCUT2D eigenvalue weighted by atomic mass is 16.4. The molecule has 0 bridgehead atoms. The quantitative estimate of drug-likeness (QED) is 0.0726. The highest BCUT2D eigenvalue weighted by molar-refractivity contribution is 5.80. The Kier molecular flexibility index (Phi) is 38.5. The van der Waals surface area contributed by atoms with Gasteiger partial charge in [0.1, 0.15) is 5.78 Å². The molecule has 2 heterocycles. The molecule has 2 aliphatic rings. The molecular weight excluding hydrogens is 881 g/mol. The Balaban J connectivity index is -0.00000117. The smallest absolute Gasteiger partial charge is 0.317 e. The largest absolute Gasteiger partial charge is 0.549 e. The molecule has 23 heteroatoms. The Labute approximate surface area is 397 Å². The number of Topliss-reactive ketones (excluding diaryl/α,β-unsaturated/α-hetero) is 1. The number of aliphatic carboxylic acids is 7. The Morgan fingerprint density at radius 2 is 0.701 bits per heavy atom. The third kappa shape index (κ3) is 34.6. The van der Waals surface area contributed by atoms with Crippen LogP contribution in [-0.2, 0) is 38.4 Å². The van der Waals surface area contributed by atoms with Crippen LogP contribution >= 0.6 is 0 Å². The zero-order valence-corrected chi connectivity index (χ0v) is 37.6. The summed E-state index contributed by atoms with van der Waals surface area (Å²) >= 11 is 0. The monoisotopic (exact) mass is 964 g/mol. The molecule has 1 atom stereocenters. The molecule has 23 nitrogen and oxygen atoms in total. The fourth-order valence-corrected chi connectivity index (χ4v) is 7.53. The van der Waals surface area contributed by atoms with Crippen molar-refractivity contribution in [3.8, 4) is 0 Å². The van der Waals surface area contributed by atoms with E-state index < -0.39 is 41.8 Å². The van der Waals surface area contributed by atoms with Crippen molar-refractivity contribution in [3.05, 3.63) is 0 Å². The molecular formula is C44H83N8O15-3. The first-order valence-electron chi connectivity index (χ1n) is 22.1. The second-order valence-corrected chi connectivity index (χ2v) is 16.3. The molecule has 2 rings (SSSR count). The lowest BCUT2D eigenvalue weighted by atomic mass is 10.1. The standard InChI is InChI=1S/C21H38N4O8.C20H36N4O7.3CH4/c1-2-3-4-5-17-12-24(15-20(30)31)9-8-22(13-18(26)27)6-7-23(14-19(28)29)10-11-25(17)16-21(32)33;1-2-3-4-17(25)13-21-5-7-22(14-18(26)27)9-11-24(16-20(30)31)12-10-23(8-6-21)15-19(28)29;;;/h17H,2-16H2,1H3,(H,26,27)(H,28,29)(H,30,31)(H,32,33);2-16H2,1H3,(H,26,27)(H,28,29)(H,30,31);3*1H4/p-3. The van der Waals surface area contributed by atoms with Gasteiger partial charge in [-0.1, -0.05) is 61.8 Å². The molecule has 67 heavy (non-hydrogen) atoms. The molecule has 0 aromatic heterocycles. The van der Waals surface area contributed by atoms with Crippen molar-refractivity contribution in [1.82, 2.24) is 39.2 Å². The first-order valence-corrected chi connectivity index (χ1v) is 22.1. The van der Waals surface area contributed by atoms with E-state index >= 15 is 0 Å². The summed E-state index contributed by atoms with van der Waals surface area (Å²) in [5.41, 5.74) is 0. The molecule has 0 aromatic rings. The van der Waals surface area contributed by atoms with Crippen molar-refractivity contribution in [2.75, 3.05) is 151 Å². The minimum Gasteiger partial charge on any atom is -0.549 e. The molecule has 392 valence electrons. The van der Waals surface area contributed by atoms with E-state index in [4.69, 9.17) is 5.11 Å². The van der Waals surface area contributed by atoms with E-state index in [2.05, 4.69) is 0 Å². The number of carbonyl (C=O) groups is 8. The summed E-state index contributed by atoms with van der Waals surface area (Å²) < 4.78 is 0. The van der Waals surface area contributed by atoms with Gasteiger partial charge in [-0.05, 0) is 12.8 Å². The minimum atomic E-state index is -1.27. The maximum absolute atomic E-state index is 12.3. The summed E-state index contributed by atoms with van der Waals surface area (Å²) in [7, 11) is 0. The normalized spacial score (nSPS) is 18.8. The maximum Gasteiger partial charge on any atom is 0.317 e. The zero-order chi connectivity index (χ0) is 48.0. The first-order chi connectivity index (χ1) is 30.3. The molecule has 0 spiro atoms. The van der Waals surface area contributed by atoms with Gasteiger partial charge in [0, 0.05) is 130 Å². The molecule has 4 N–H and O–H groups in total. The molecule has 2 fully saturated rings. The van der Waals surface area contributed by atoms with Crippen LogP contribution < -0.4 is 15.3 Å². The lowest BCUT2D eigenvalue weighted by Gasteiger charge is -2.38. The lowest BCUT2D eigenvalue weighted by molar-refractivity contribution is -0.308. The van der Waals surface area contributed by atoms with Crippen LogP contribution in [0, 0.1) is 0 Å². The lowest BCUT2D eigenvalue weighted by Crippen LogP contribution is -2.54. The summed E-state index contributed by atoms with van der Waals surface area (Å²) in [5.74, 6) is -7.66. The number of nitrogens with zero attached hydrogens (tertiary/aromatic N) is 8. The average Bonchev–Trinajstić information content (AvgIpc) is 3.18. The Morgan fingerprint density at radius 3 is 1.03 bits per heavy atom. The van der Waals surface area contributed by atoms with Crippen LogP contribution in [0.1, 0.15) is 81.1 Å². The van der Waals surface area contributed by atoms with Gasteiger partial charge in [-0.15, -0.1) is 0 Å². The average molecular weight is 964 g/mol. The van der Waals surface area contributed by atoms with Gasteiger partial charge in [0.05, 0.1) is 50.6 Å². The molecule has 0 saturated carbocycles. The molecule has 0 aliphatic carbocycles. The second kappa shape index (κ2) is 38.6. The van der Waals surface area contributed by atoms with Gasteiger partial charge < -0.3 is 50.1 Å². The third-order valence-corrected chi connectivity index (χ3v) is 10.9. The molecule has 0 radical (unpaired) electrons. The number of hydrogen-bond acceptors (Lipinski definition) is 19. The van der Waals surface area contributed by atoms with E-state index in [-0.39, 0.29) is 132 Å². The van der Waals surface area contributed by atoms with Crippen LogP contribution in [0.5, 0.6) is 0 Å². The summed E-state index contributed by atoms with van der Waals surface area (Å²) in [6.07, 6.45) is 5.64. The van der Waals surface area contributed by atoms with E-state index in [9.17, 15) is 69.0 Å². The van der Waals surface area contributed by atoms with Crippen molar-refractivity contribution in [1.29, 1.82) is 0 Å². The van der Waals surface area contributed by atoms with E-state index in [1.807, 2.05) is 18.7 Å². The fourth-order valence-electron chi connectivity index (χ4n) is 7.53. The van der Waals surface area contributed by atoms with Crippen LogP contribution in [-0.4, -0.2) is 264 Å². The zero-order valence-electron chi connectivity index (χ0n) is 37.6. The molecule has 1 unspecified atom stereocenters. The van der Waals surface area contributed by atoms with Gasteiger partial charge in [-0.2, -0.15) is 0 Å². The van der Waals surface area contributed by atoms with Gasteiger partial charge in [-0.3, -0.25) is 63.2 Å². The predicted octanol–water partition coefficient (Wildman–Crippen LogP) is -3.38. The van der Waals surface area contributed by atoms with Crippen LogP contribution in [0.15, 0.2) is 0 Å². The van der Waals surface area contributed by atoms with E-state index in [0.717, 1.165) is 32.1 Å². The van der Waals surface area contributed by atoms with Crippen LogP contribution in [0.3, 0.4) is 0 Å². The number of unbranched alkanes of at least 4 members (excludes halogenated alkanes) is 3. The van der Waals surface area contributed by atoms with Crippen molar-refractivity contribution in [2.45, 2.75) is 87.1 Å². The third-order valence-electron chi connectivity index (χ3n) is 10.9. The summed E-state index contributed by atoms with van der Waals surface area (Å²) in [4.78, 5) is 105. The number of carbonyl (C=O) groups excluding carboxylic acids is 4. The van der Waals surface area contributed by atoms with Gasteiger partial charge in [0.15, 0.2) is 0 Å². The summed E-state index contributed by atoms with van der Waals surface area (Å²) in [6.45, 7) is 7.36. The SMILES string of the molecule is C.C.C.CCCCC(=O)CN1CCN(CC(=O)[O-])CCN(CC(=O)O)CCN(CC(=O)O)CC1.CCCCCC1CN(CC(=O)[O-])CCN(CC(=O)[O-])CCN(CC(=O)O)CCN1CC(=O)O. The Morgan fingerprint density at radius 1 is 0.403 bits per heavy atom. The van der Waals surface area contributed by atoms with Crippen molar-refractivity contribution in [3.63, 3.8) is 0 Å². The predicted molar refractivity (Wildman–Crippen MR) is 245 cm³/mol. The number of hydrogen-bond donors (Lipinski definition) is 4. The van der Waals surface area contributed by atoms with Crippen LogP contribution in [0.25, 0.3) is 0 Å². The number of ketones is 1. The van der Waals surface area contributed by atoms with Crippen LogP contribution in [0.4, 0.5) is 0 Å². The maximum atomic E-state index is 12.3. The topological polar surface area (TPSA) is 313 Å². The first kappa shape index (κ1) is 66.9. The second-order valence-electron chi connectivity index (χ2n) is 16.3. The number of carboxylic acid groups (broad SMARTS) is 7. The van der Waals surface area contributed by atoms with Gasteiger partial charge in [-0.25, -0.2) is 0 Å². The Bertz CT molecular complexity index is 1430. The number of rotatable bonds is 23.